The van der Waals surface area contributed by atoms with E-state index in [4.69, 9.17) is 5.57 Å². The molecule has 1 aromatic carbocycles. The van der Waals surface area contributed by atoms with Crippen molar-refractivity contribution in [1.82, 2.24) is 5.32 Å². The summed E-state index contributed by atoms with van der Waals surface area (Å²) in [5.41, 5.74) is 0.331. The average molecular weight is 413 g/mol. The Morgan fingerprint density at radius 3 is 2.07 bits per heavy atom. The third-order valence-corrected chi connectivity index (χ3v) is 5.23. The molecule has 29 heavy (non-hydrogen) atoms. The summed E-state index contributed by atoms with van der Waals surface area (Å²) in [6.45, 7) is 2.73. The molecule has 0 spiro atoms. The maximum Gasteiger partial charge on any atom is 0.255 e. The molecule has 0 fully saturated rings. The van der Waals surface area contributed by atoms with Gasteiger partial charge in [-0.05, 0) is 18.6 Å². The van der Waals surface area contributed by atoms with Gasteiger partial charge in [0.15, 0.2) is 8.57 Å². The molecule has 2 unspecified atom stereocenters. The van der Waals surface area contributed by atoms with Gasteiger partial charge in [-0.25, -0.2) is 0 Å². The van der Waals surface area contributed by atoms with Gasteiger partial charge in [0.05, 0.1) is 11.3 Å². The number of para-hydroxylation sites is 1. The lowest BCUT2D eigenvalue weighted by Gasteiger charge is -2.08. The molecule has 0 heterocycles. The van der Waals surface area contributed by atoms with E-state index in [1.54, 1.807) is 6.07 Å². The van der Waals surface area contributed by atoms with Gasteiger partial charge in [-0.2, -0.15) is 0 Å². The third kappa shape index (κ3) is 12.5. The van der Waals surface area contributed by atoms with E-state index in [0.29, 0.717) is 6.54 Å². The highest BCUT2D eigenvalue weighted by atomic mass is 16.3. The average Bonchev–Trinajstić information content (AvgIpc) is 2.79. The number of phenols is 1. The molecule has 4 nitrogen and oxygen atoms in total. The van der Waals surface area contributed by atoms with Crippen molar-refractivity contribution in [3.8, 4) is 5.75 Å². The van der Waals surface area contributed by atoms with E-state index in [-0.39, 0.29) is 35.5 Å². The van der Waals surface area contributed by atoms with Gasteiger partial charge in [-0.1, -0.05) is 109 Å². The standard InChI is InChI=1S/C25H44N2O2/c1-2-3-4-5-6-7-8-9-10-11-12-13-14-15-16-17-21-27-25(29)22-19-18-20-23(26)24(22)28/h18-20,28H,2-17,21,26H2,1H3,(H,27,29)/i9T,10T/hT2. The first kappa shape index (κ1) is 19.3. The quantitative estimate of drug-likeness (QED) is 0.130. The molecule has 0 bridgehead atoms. The Labute approximate surface area is 184 Å². The van der Waals surface area contributed by atoms with Crippen molar-refractivity contribution >= 4 is 11.6 Å². The highest BCUT2D eigenvalue weighted by Crippen LogP contribution is 2.24. The van der Waals surface area contributed by atoms with E-state index in [1.165, 1.54) is 44.2 Å². The van der Waals surface area contributed by atoms with Crippen LogP contribution < -0.4 is 11.0 Å². The van der Waals surface area contributed by atoms with Crippen LogP contribution >= 0.6 is 0 Å². The van der Waals surface area contributed by atoms with E-state index in [1.807, 2.05) is 0 Å². The lowest BCUT2D eigenvalue weighted by Crippen LogP contribution is -2.24. The van der Waals surface area contributed by atoms with Crippen LogP contribution in [-0.2, 0) is 0 Å². The second-order valence-electron chi connectivity index (χ2n) is 7.87. The molecule has 0 aliphatic carbocycles. The van der Waals surface area contributed by atoms with Crippen LogP contribution in [0.4, 0.5) is 5.69 Å². The zero-order valence-electron chi connectivity index (χ0n) is 22.3. The molecule has 0 aliphatic rings. The van der Waals surface area contributed by atoms with Gasteiger partial charge in [0, 0.05) is 9.29 Å². The summed E-state index contributed by atoms with van der Waals surface area (Å²) in [4.78, 5) is 12.2. The molecule has 0 aliphatic heterocycles. The lowest BCUT2D eigenvalue weighted by atomic mass is 10.0. The van der Waals surface area contributed by atoms with Crippen LogP contribution in [0.15, 0.2) is 18.2 Å². The van der Waals surface area contributed by atoms with Gasteiger partial charge in [0.1, 0.15) is 0 Å². The van der Waals surface area contributed by atoms with Gasteiger partial charge < -0.3 is 16.1 Å². The molecule has 1 amide bonds. The fourth-order valence-corrected chi connectivity index (χ4v) is 3.38. The maximum absolute atomic E-state index is 12.2. The minimum absolute atomic E-state index is 0.0308. The van der Waals surface area contributed by atoms with E-state index in [9.17, 15) is 9.90 Å². The minimum Gasteiger partial charge on any atom is -0.505 e. The number of benzene rings is 1. The predicted octanol–water partition coefficient (Wildman–Crippen LogP) is 6.97. The van der Waals surface area contributed by atoms with E-state index in [2.05, 4.69) is 12.2 Å². The van der Waals surface area contributed by atoms with Crippen LogP contribution in [0.2, 0.25) is 2.82 Å². The predicted molar refractivity (Wildman–Crippen MR) is 124 cm³/mol. The van der Waals surface area contributed by atoms with Crippen molar-refractivity contribution in [2.75, 3.05) is 12.3 Å². The first-order valence-electron chi connectivity index (χ1n) is 13.7. The largest absolute Gasteiger partial charge is 0.505 e. The number of nitrogen functional groups attached to an aromatic ring is 1. The van der Waals surface area contributed by atoms with E-state index < -0.39 is 5.91 Å². The first-order chi connectivity index (χ1) is 15.9. The van der Waals surface area contributed by atoms with Gasteiger partial charge in [-0.3, -0.25) is 4.79 Å². The fraction of sp³-hybridized carbons (Fsp3) is 0.720. The van der Waals surface area contributed by atoms with Crippen LogP contribution in [0, 0.1) is 0 Å². The van der Waals surface area contributed by atoms with Crippen molar-refractivity contribution in [1.29, 1.82) is 0 Å². The number of hydrogen-bond donors (Lipinski definition) is 3. The summed E-state index contributed by atoms with van der Waals surface area (Å²) >= 11 is 0. The number of aromatic hydroxyl groups is 1. The number of carbonyl (C=O) groups excluding carboxylic acids is 1. The Bertz CT molecular complexity index is 661. The summed E-state index contributed by atoms with van der Waals surface area (Å²) in [5.74, 6) is -0.752. The second kappa shape index (κ2) is 17.2. The Balaban J connectivity index is 2.04. The molecular weight excluding hydrogens is 360 g/mol. The third-order valence-electron chi connectivity index (χ3n) is 5.23. The van der Waals surface area contributed by atoms with Crippen molar-refractivity contribution in [2.24, 2.45) is 0 Å². The SMILES string of the molecule is [3H]C(CCCCCCCC)C([3H])CCCCCCCCNC(=O)c1cccc(N([3H])[3H])c1O. The Morgan fingerprint density at radius 1 is 0.931 bits per heavy atom. The second-order valence-corrected chi connectivity index (χ2v) is 7.87. The molecule has 0 radical (unpaired) electrons. The van der Waals surface area contributed by atoms with Gasteiger partial charge in [-0.15, -0.1) is 0 Å². The summed E-state index contributed by atoms with van der Waals surface area (Å²) in [5, 5.41) is 12.8. The van der Waals surface area contributed by atoms with Crippen molar-refractivity contribution in [2.45, 2.75) is 110 Å². The van der Waals surface area contributed by atoms with Crippen LogP contribution in [0.3, 0.4) is 0 Å². The zero-order valence-corrected chi connectivity index (χ0v) is 18.3. The number of amides is 1. The molecule has 4 N–H and O–H groups in total. The van der Waals surface area contributed by atoms with Crippen LogP contribution in [0.25, 0.3) is 0 Å². The van der Waals surface area contributed by atoms with Gasteiger partial charge in [0.2, 0.25) is 0 Å². The molecule has 2 atom stereocenters. The van der Waals surface area contributed by atoms with Crippen LogP contribution in [0.1, 0.15) is 123 Å². The number of anilines is 1. The topological polar surface area (TPSA) is 75.4 Å². The van der Waals surface area contributed by atoms with E-state index >= 15 is 0 Å². The normalized spacial score (nSPS) is 14.9. The summed E-state index contributed by atoms with van der Waals surface area (Å²) in [6, 6.07) is 4.43. The van der Waals surface area contributed by atoms with Crippen LogP contribution in [0.5, 0.6) is 5.75 Å². The number of nitrogens with two attached hydrogens (primary N) is 1. The van der Waals surface area contributed by atoms with E-state index in [0.717, 1.165) is 57.8 Å². The Morgan fingerprint density at radius 2 is 1.48 bits per heavy atom. The smallest absolute Gasteiger partial charge is 0.255 e. The number of phenolic OH excluding ortho intramolecular Hbond substituents is 1. The molecule has 166 valence electrons. The highest BCUT2D eigenvalue weighted by molar-refractivity contribution is 5.98. The van der Waals surface area contributed by atoms with Crippen molar-refractivity contribution < 1.29 is 15.5 Å². The number of nitrogens with one attached hydrogen (secondary N) is 1. The van der Waals surface area contributed by atoms with Crippen molar-refractivity contribution in [3.05, 3.63) is 23.8 Å². The number of hydrogen-bond acceptors (Lipinski definition) is 3. The molecular formula is C25H44N2O2. The molecule has 1 aromatic rings. The molecule has 0 saturated carbocycles. The first-order valence-corrected chi connectivity index (χ1v) is 11.6. The molecule has 4 heteroatoms. The molecule has 0 aromatic heterocycles. The monoisotopic (exact) mass is 412 g/mol. The number of carbonyl (C=O) groups is 1. The zero-order chi connectivity index (χ0) is 24.5. The number of unbranched alkanes of at least 4 members (excludes halogenated alkanes) is 10. The highest BCUT2D eigenvalue weighted by Gasteiger charge is 2.11. The maximum atomic E-state index is 12.2. The van der Waals surface area contributed by atoms with Gasteiger partial charge >= 0.3 is 0 Å². The summed E-state index contributed by atoms with van der Waals surface area (Å²) in [6.07, 6.45) is 14.7. The summed E-state index contributed by atoms with van der Waals surface area (Å²) in [7, 11) is 0. The molecule has 1 rings (SSSR count). The number of rotatable bonds is 19. The van der Waals surface area contributed by atoms with Crippen LogP contribution in [-0.4, -0.2) is 17.6 Å². The van der Waals surface area contributed by atoms with Gasteiger partial charge in [0.25, 0.3) is 5.91 Å². The Hall–Kier alpha value is -1.71. The van der Waals surface area contributed by atoms with Crippen molar-refractivity contribution in [3.63, 3.8) is 0 Å². The Kier molecular flexibility index (Phi) is 11.4. The fourth-order valence-electron chi connectivity index (χ4n) is 3.38. The molecule has 0 saturated heterocycles. The lowest BCUT2D eigenvalue weighted by molar-refractivity contribution is 0.0950. The summed E-state index contributed by atoms with van der Waals surface area (Å²) < 4.78 is 30.9. The minimum atomic E-state index is -0.399.